The van der Waals surface area contributed by atoms with Crippen molar-refractivity contribution in [1.29, 1.82) is 0 Å². The Labute approximate surface area is 116 Å². The van der Waals surface area contributed by atoms with Crippen molar-refractivity contribution in [2.45, 2.75) is 25.3 Å². The summed E-state index contributed by atoms with van der Waals surface area (Å²) < 4.78 is 26.4. The number of likely N-dealkylation sites (N-methyl/N-ethyl adjacent to an activating group) is 1. The van der Waals surface area contributed by atoms with E-state index in [1.54, 1.807) is 19.2 Å². The lowest BCUT2D eigenvalue weighted by atomic mass is 10.1. The van der Waals surface area contributed by atoms with Crippen LogP contribution in [0.15, 0.2) is 35.2 Å². The number of sulfonamides is 1. The minimum absolute atomic E-state index is 0.331. The molecule has 1 N–H and O–H groups in total. The van der Waals surface area contributed by atoms with Crippen LogP contribution in [0.25, 0.3) is 0 Å². The van der Waals surface area contributed by atoms with E-state index in [0.29, 0.717) is 18.0 Å². The summed E-state index contributed by atoms with van der Waals surface area (Å²) in [5.41, 5.74) is 2.60. The molecule has 5 heteroatoms. The van der Waals surface area contributed by atoms with Gasteiger partial charge in [0.05, 0.1) is 4.90 Å². The maximum Gasteiger partial charge on any atom is 0.243 e. The molecule has 0 saturated carbocycles. The average Bonchev–Trinajstić information content (AvgIpc) is 2.31. The molecule has 1 aromatic rings. The first-order valence-corrected chi connectivity index (χ1v) is 7.58. The molecule has 1 aromatic carbocycles. The molecule has 0 saturated heterocycles. The number of rotatable bonds is 6. The van der Waals surface area contributed by atoms with Crippen LogP contribution in [0.1, 0.15) is 18.1 Å². The Morgan fingerprint density at radius 2 is 2.05 bits per heavy atom. The highest BCUT2D eigenvalue weighted by Crippen LogP contribution is 2.22. The van der Waals surface area contributed by atoms with Crippen molar-refractivity contribution < 1.29 is 8.42 Å². The first-order valence-electron chi connectivity index (χ1n) is 6.14. The molecule has 0 amide bonds. The minimum atomic E-state index is -3.46. The van der Waals surface area contributed by atoms with E-state index in [0.717, 1.165) is 16.7 Å². The Kier molecular flexibility index (Phi) is 5.29. The van der Waals surface area contributed by atoms with Crippen LogP contribution in [-0.4, -0.2) is 33.4 Å². The van der Waals surface area contributed by atoms with Crippen molar-refractivity contribution >= 4 is 10.0 Å². The van der Waals surface area contributed by atoms with Crippen molar-refractivity contribution in [2.24, 2.45) is 0 Å². The summed E-state index contributed by atoms with van der Waals surface area (Å²) in [7, 11) is -0.0422. The second-order valence-electron chi connectivity index (χ2n) is 4.79. The highest BCUT2D eigenvalue weighted by Gasteiger charge is 2.23. The van der Waals surface area contributed by atoms with Crippen LogP contribution < -0.4 is 5.32 Å². The molecule has 0 fully saturated rings. The van der Waals surface area contributed by atoms with E-state index in [-0.39, 0.29) is 0 Å². The van der Waals surface area contributed by atoms with Crippen LogP contribution in [0.4, 0.5) is 0 Å². The van der Waals surface area contributed by atoms with Crippen molar-refractivity contribution in [3.63, 3.8) is 0 Å². The zero-order chi connectivity index (χ0) is 14.6. The fourth-order valence-corrected chi connectivity index (χ4v) is 3.45. The topological polar surface area (TPSA) is 49.4 Å². The molecular formula is C14H22N2O2S. The molecule has 0 aliphatic rings. The van der Waals surface area contributed by atoms with Gasteiger partial charge in [0, 0.05) is 20.1 Å². The van der Waals surface area contributed by atoms with Crippen molar-refractivity contribution in [3.05, 3.63) is 41.5 Å². The van der Waals surface area contributed by atoms with Gasteiger partial charge < -0.3 is 5.32 Å². The molecule has 0 spiro atoms. The van der Waals surface area contributed by atoms with Gasteiger partial charge in [-0.05, 0) is 38.1 Å². The quantitative estimate of drug-likeness (QED) is 0.811. The number of benzene rings is 1. The first kappa shape index (κ1) is 15.9. The van der Waals surface area contributed by atoms with E-state index in [2.05, 4.69) is 11.9 Å². The van der Waals surface area contributed by atoms with Crippen molar-refractivity contribution in [2.75, 3.05) is 20.6 Å². The molecular weight excluding hydrogens is 260 g/mol. The molecule has 0 radical (unpaired) electrons. The van der Waals surface area contributed by atoms with E-state index >= 15 is 0 Å². The normalized spacial score (nSPS) is 11.8. The number of hydrogen-bond donors (Lipinski definition) is 1. The molecule has 4 nitrogen and oxygen atoms in total. The summed E-state index contributed by atoms with van der Waals surface area (Å²) in [6.45, 7) is 8.40. The summed E-state index contributed by atoms with van der Waals surface area (Å²) in [4.78, 5) is 0.365. The fraction of sp³-hybridized carbons (Fsp3) is 0.429. The summed E-state index contributed by atoms with van der Waals surface area (Å²) in [5, 5.41) is 3.04. The van der Waals surface area contributed by atoms with Gasteiger partial charge in [-0.2, -0.15) is 4.31 Å². The lowest BCUT2D eigenvalue weighted by molar-refractivity contribution is 0.492. The van der Waals surface area contributed by atoms with Crippen LogP contribution >= 0.6 is 0 Å². The van der Waals surface area contributed by atoms with Gasteiger partial charge in [-0.3, -0.25) is 0 Å². The predicted molar refractivity (Wildman–Crippen MR) is 78.6 cm³/mol. The van der Waals surface area contributed by atoms with E-state index in [1.165, 1.54) is 4.31 Å². The lowest BCUT2D eigenvalue weighted by Crippen LogP contribution is -2.29. The largest absolute Gasteiger partial charge is 0.316 e. The Bertz CT molecular complexity index is 565. The molecule has 0 aliphatic heterocycles. The van der Waals surface area contributed by atoms with E-state index in [9.17, 15) is 8.42 Å². The van der Waals surface area contributed by atoms with Crippen LogP contribution in [0.3, 0.4) is 0 Å². The molecule has 0 aliphatic carbocycles. The fourth-order valence-electron chi connectivity index (χ4n) is 1.95. The highest BCUT2D eigenvalue weighted by molar-refractivity contribution is 7.89. The number of hydrogen-bond acceptors (Lipinski definition) is 3. The number of nitrogens with zero attached hydrogens (tertiary/aromatic N) is 1. The summed E-state index contributed by atoms with van der Waals surface area (Å²) in [6, 6.07) is 5.36. The first-order chi connectivity index (χ1) is 8.80. The molecule has 1 rings (SSSR count). The van der Waals surface area contributed by atoms with Crippen LogP contribution in [0.5, 0.6) is 0 Å². The molecule has 19 heavy (non-hydrogen) atoms. The maximum atomic E-state index is 12.5. The van der Waals surface area contributed by atoms with Gasteiger partial charge in [0.2, 0.25) is 10.0 Å². The van der Waals surface area contributed by atoms with E-state index in [4.69, 9.17) is 0 Å². The predicted octanol–water partition coefficient (Wildman–Crippen LogP) is 1.91. The van der Waals surface area contributed by atoms with Crippen LogP contribution in [0, 0.1) is 6.92 Å². The monoisotopic (exact) mass is 282 g/mol. The van der Waals surface area contributed by atoms with Gasteiger partial charge in [-0.1, -0.05) is 24.3 Å². The van der Waals surface area contributed by atoms with Gasteiger partial charge in [0.25, 0.3) is 0 Å². The minimum Gasteiger partial charge on any atom is -0.316 e. The van der Waals surface area contributed by atoms with Gasteiger partial charge in [0.15, 0.2) is 0 Å². The Morgan fingerprint density at radius 3 is 2.58 bits per heavy atom. The van der Waals surface area contributed by atoms with E-state index in [1.807, 2.05) is 27.0 Å². The maximum absolute atomic E-state index is 12.5. The standard InChI is InChI=1S/C14H22N2O2S/c1-11(2)10-16(5)19(17,18)14-8-6-7-13(9-15-4)12(14)3/h6-8,15H,1,9-10H2,2-5H3. The second kappa shape index (κ2) is 6.32. The van der Waals surface area contributed by atoms with Gasteiger partial charge in [-0.25, -0.2) is 8.42 Å². The SMILES string of the molecule is C=C(C)CN(C)S(=O)(=O)c1cccc(CNC)c1C. The second-order valence-corrected chi connectivity index (χ2v) is 6.80. The van der Waals surface area contributed by atoms with Gasteiger partial charge in [-0.15, -0.1) is 0 Å². The molecule has 0 aromatic heterocycles. The Morgan fingerprint density at radius 1 is 1.42 bits per heavy atom. The highest BCUT2D eigenvalue weighted by atomic mass is 32.2. The zero-order valence-electron chi connectivity index (χ0n) is 12.0. The molecule has 106 valence electrons. The Balaban J connectivity index is 3.21. The van der Waals surface area contributed by atoms with Crippen molar-refractivity contribution in [3.8, 4) is 0 Å². The van der Waals surface area contributed by atoms with Gasteiger partial charge in [0.1, 0.15) is 0 Å². The lowest BCUT2D eigenvalue weighted by Gasteiger charge is -2.19. The molecule has 0 unspecified atom stereocenters. The molecule has 0 bridgehead atoms. The summed E-state index contributed by atoms with van der Waals surface area (Å²) in [6.07, 6.45) is 0. The third-order valence-electron chi connectivity index (χ3n) is 2.94. The van der Waals surface area contributed by atoms with Crippen LogP contribution in [0.2, 0.25) is 0 Å². The third kappa shape index (κ3) is 3.65. The molecule has 0 atom stereocenters. The summed E-state index contributed by atoms with van der Waals surface area (Å²) >= 11 is 0. The molecule has 0 heterocycles. The average molecular weight is 282 g/mol. The Hall–Kier alpha value is -1.17. The number of nitrogens with one attached hydrogen (secondary N) is 1. The zero-order valence-corrected chi connectivity index (χ0v) is 12.8. The van der Waals surface area contributed by atoms with Crippen LogP contribution in [-0.2, 0) is 16.6 Å². The van der Waals surface area contributed by atoms with Gasteiger partial charge >= 0.3 is 0 Å². The smallest absolute Gasteiger partial charge is 0.243 e. The third-order valence-corrected chi connectivity index (χ3v) is 4.89. The van der Waals surface area contributed by atoms with E-state index < -0.39 is 10.0 Å². The van der Waals surface area contributed by atoms with Crippen molar-refractivity contribution in [1.82, 2.24) is 9.62 Å². The summed E-state index contributed by atoms with van der Waals surface area (Å²) in [5.74, 6) is 0.